The third-order valence-corrected chi connectivity index (χ3v) is 5.02. The Morgan fingerprint density at radius 2 is 1.82 bits per heavy atom. The normalized spacial score (nSPS) is 11.0. The Balaban J connectivity index is 0.00000385. The van der Waals surface area contributed by atoms with E-state index >= 15 is 0 Å². The number of nitro benzene ring substituents is 1. The highest BCUT2D eigenvalue weighted by Gasteiger charge is 2.07. The zero-order valence-electron chi connectivity index (χ0n) is 18.7. The van der Waals surface area contributed by atoms with Crippen molar-refractivity contribution in [2.45, 2.75) is 19.5 Å². The standard InChI is InChI=1S/C23H28N6O3.HI/c1-27(2)22(30)17-26-23(25-16-18-8-10-20(11-9-18)29(31)32)24-13-5-14-28-15-12-19-6-3-4-7-21(19)28;/h3-4,6-12,15H,5,13-14,16-17H2,1-2H3,(H2,24,25,26);1H. The van der Waals surface area contributed by atoms with E-state index < -0.39 is 4.92 Å². The van der Waals surface area contributed by atoms with Gasteiger partial charge in [-0.3, -0.25) is 14.9 Å². The van der Waals surface area contributed by atoms with Gasteiger partial charge in [0.05, 0.1) is 18.0 Å². The molecule has 0 saturated heterocycles. The third kappa shape index (κ3) is 7.74. The fourth-order valence-electron chi connectivity index (χ4n) is 3.18. The third-order valence-electron chi connectivity index (χ3n) is 5.02. The zero-order chi connectivity index (χ0) is 22.9. The first kappa shape index (κ1) is 26.1. The van der Waals surface area contributed by atoms with Crippen molar-refractivity contribution in [2.75, 3.05) is 27.2 Å². The van der Waals surface area contributed by atoms with Crippen LogP contribution in [0.2, 0.25) is 0 Å². The molecule has 10 heteroatoms. The van der Waals surface area contributed by atoms with Crippen LogP contribution in [0.3, 0.4) is 0 Å². The molecular weight excluding hydrogens is 535 g/mol. The van der Waals surface area contributed by atoms with Crippen LogP contribution >= 0.6 is 24.0 Å². The van der Waals surface area contributed by atoms with E-state index in [1.807, 2.05) is 12.1 Å². The minimum atomic E-state index is -0.428. The number of fused-ring (bicyclic) bond motifs is 1. The molecule has 0 fully saturated rings. The number of guanidine groups is 1. The second-order valence-electron chi connectivity index (χ2n) is 7.58. The number of hydrogen-bond donors (Lipinski definition) is 2. The molecule has 0 saturated carbocycles. The quantitative estimate of drug-likeness (QED) is 0.104. The predicted molar refractivity (Wildman–Crippen MR) is 141 cm³/mol. The average molecular weight is 564 g/mol. The number of halogens is 1. The fourth-order valence-corrected chi connectivity index (χ4v) is 3.18. The number of aryl methyl sites for hydroxylation is 1. The topological polar surface area (TPSA) is 105 Å². The molecule has 0 aliphatic carbocycles. The van der Waals surface area contributed by atoms with Gasteiger partial charge in [-0.25, -0.2) is 4.99 Å². The molecule has 1 amide bonds. The summed E-state index contributed by atoms with van der Waals surface area (Å²) >= 11 is 0. The summed E-state index contributed by atoms with van der Waals surface area (Å²) in [6.07, 6.45) is 2.96. The predicted octanol–water partition coefficient (Wildman–Crippen LogP) is 3.38. The lowest BCUT2D eigenvalue weighted by Crippen LogP contribution is -2.43. The Kier molecular flexibility index (Phi) is 10.1. The highest BCUT2D eigenvalue weighted by Crippen LogP contribution is 2.15. The van der Waals surface area contributed by atoms with Gasteiger partial charge in [-0.1, -0.05) is 30.3 Å². The van der Waals surface area contributed by atoms with Gasteiger partial charge in [0.25, 0.3) is 5.69 Å². The van der Waals surface area contributed by atoms with Gasteiger partial charge in [0.2, 0.25) is 5.91 Å². The van der Waals surface area contributed by atoms with Gasteiger partial charge in [-0.2, -0.15) is 0 Å². The van der Waals surface area contributed by atoms with E-state index in [1.165, 1.54) is 27.9 Å². The van der Waals surface area contributed by atoms with Crippen molar-refractivity contribution in [2.24, 2.45) is 4.99 Å². The number of amides is 1. The Hall–Kier alpha value is -3.15. The van der Waals surface area contributed by atoms with E-state index in [4.69, 9.17) is 0 Å². The van der Waals surface area contributed by atoms with E-state index in [-0.39, 0.29) is 42.1 Å². The molecule has 176 valence electrons. The highest BCUT2D eigenvalue weighted by atomic mass is 127. The van der Waals surface area contributed by atoms with Gasteiger partial charge in [-0.15, -0.1) is 24.0 Å². The van der Waals surface area contributed by atoms with Crippen molar-refractivity contribution in [1.82, 2.24) is 20.1 Å². The van der Waals surface area contributed by atoms with Crippen molar-refractivity contribution in [3.63, 3.8) is 0 Å². The van der Waals surface area contributed by atoms with Gasteiger partial charge in [0, 0.05) is 51.0 Å². The Morgan fingerprint density at radius 3 is 2.52 bits per heavy atom. The molecule has 1 aromatic heterocycles. The summed E-state index contributed by atoms with van der Waals surface area (Å²) in [4.78, 5) is 28.4. The molecule has 0 aliphatic heterocycles. The molecule has 0 unspecified atom stereocenters. The second kappa shape index (κ2) is 12.8. The molecule has 33 heavy (non-hydrogen) atoms. The summed E-state index contributed by atoms with van der Waals surface area (Å²) in [5.41, 5.74) is 2.09. The maximum atomic E-state index is 11.9. The number of aliphatic imine (C=N–C) groups is 1. The summed E-state index contributed by atoms with van der Waals surface area (Å²) in [5, 5.41) is 18.4. The van der Waals surface area contributed by atoms with Gasteiger partial charge in [0.1, 0.15) is 0 Å². The Bertz CT molecular complexity index is 1100. The van der Waals surface area contributed by atoms with Crippen molar-refractivity contribution in [3.8, 4) is 0 Å². The number of nitro groups is 1. The number of rotatable bonds is 9. The van der Waals surface area contributed by atoms with Crippen LogP contribution < -0.4 is 10.6 Å². The number of benzene rings is 2. The first-order valence-corrected chi connectivity index (χ1v) is 10.4. The summed E-state index contributed by atoms with van der Waals surface area (Å²) in [5.74, 6) is 0.463. The lowest BCUT2D eigenvalue weighted by molar-refractivity contribution is -0.384. The minimum absolute atomic E-state index is 0. The number of non-ortho nitro benzene ring substituents is 1. The summed E-state index contributed by atoms with van der Waals surface area (Å²) in [6, 6.07) is 16.7. The van der Waals surface area contributed by atoms with Gasteiger partial charge < -0.3 is 20.1 Å². The number of carbonyl (C=O) groups is 1. The molecule has 0 atom stereocenters. The molecule has 3 rings (SSSR count). The van der Waals surface area contributed by atoms with Gasteiger partial charge in [-0.05, 0) is 29.5 Å². The van der Waals surface area contributed by atoms with E-state index in [2.05, 4.69) is 44.6 Å². The van der Waals surface area contributed by atoms with E-state index in [0.29, 0.717) is 19.0 Å². The maximum Gasteiger partial charge on any atom is 0.269 e. The molecule has 3 aromatic rings. The smallest absolute Gasteiger partial charge is 0.269 e. The summed E-state index contributed by atoms with van der Waals surface area (Å²) in [7, 11) is 3.40. The Morgan fingerprint density at radius 1 is 1.09 bits per heavy atom. The fraction of sp³-hybridized carbons (Fsp3) is 0.304. The van der Waals surface area contributed by atoms with Crippen LogP contribution in [0.1, 0.15) is 12.0 Å². The lowest BCUT2D eigenvalue weighted by atomic mass is 10.2. The largest absolute Gasteiger partial charge is 0.356 e. The van der Waals surface area contributed by atoms with Gasteiger partial charge in [0.15, 0.2) is 5.96 Å². The molecular formula is C23H29IN6O3. The van der Waals surface area contributed by atoms with Crippen LogP contribution in [-0.4, -0.2) is 53.4 Å². The van der Waals surface area contributed by atoms with Crippen LogP contribution in [0.4, 0.5) is 5.69 Å². The number of hydrogen-bond acceptors (Lipinski definition) is 4. The maximum absolute atomic E-state index is 11.9. The van der Waals surface area contributed by atoms with Crippen molar-refractivity contribution in [3.05, 3.63) is 76.5 Å². The summed E-state index contributed by atoms with van der Waals surface area (Å²) < 4.78 is 2.22. The number of para-hydroxylation sites is 1. The van der Waals surface area contributed by atoms with Crippen molar-refractivity contribution >= 4 is 52.4 Å². The van der Waals surface area contributed by atoms with Crippen LogP contribution in [0, 0.1) is 10.1 Å². The average Bonchev–Trinajstić information content (AvgIpc) is 3.21. The van der Waals surface area contributed by atoms with Crippen LogP contribution in [0.25, 0.3) is 10.9 Å². The van der Waals surface area contributed by atoms with E-state index in [9.17, 15) is 14.9 Å². The minimum Gasteiger partial charge on any atom is -0.356 e. The first-order valence-electron chi connectivity index (χ1n) is 10.4. The van der Waals surface area contributed by atoms with Crippen LogP contribution in [-0.2, 0) is 17.9 Å². The summed E-state index contributed by atoms with van der Waals surface area (Å²) in [6.45, 7) is 1.99. The van der Waals surface area contributed by atoms with Crippen molar-refractivity contribution in [1.29, 1.82) is 0 Å². The van der Waals surface area contributed by atoms with E-state index in [0.717, 1.165) is 18.5 Å². The van der Waals surface area contributed by atoms with E-state index in [1.54, 1.807) is 26.2 Å². The molecule has 2 N–H and O–H groups in total. The second-order valence-corrected chi connectivity index (χ2v) is 7.58. The molecule has 0 bridgehead atoms. The number of nitrogens with zero attached hydrogens (tertiary/aromatic N) is 4. The number of aromatic nitrogens is 1. The zero-order valence-corrected chi connectivity index (χ0v) is 21.1. The Labute approximate surface area is 210 Å². The van der Waals surface area contributed by atoms with Crippen LogP contribution in [0.5, 0.6) is 0 Å². The number of nitrogens with one attached hydrogen (secondary N) is 2. The molecule has 9 nitrogen and oxygen atoms in total. The van der Waals surface area contributed by atoms with Gasteiger partial charge >= 0.3 is 0 Å². The molecule has 0 aliphatic rings. The van der Waals surface area contributed by atoms with Crippen molar-refractivity contribution < 1.29 is 9.72 Å². The highest BCUT2D eigenvalue weighted by molar-refractivity contribution is 14.0. The molecule has 0 radical (unpaired) electrons. The lowest BCUT2D eigenvalue weighted by Gasteiger charge is -2.15. The molecule has 2 aromatic carbocycles. The van der Waals surface area contributed by atoms with Crippen LogP contribution in [0.15, 0.2) is 65.8 Å². The monoisotopic (exact) mass is 564 g/mol. The number of carbonyl (C=O) groups excluding carboxylic acids is 1. The SMILES string of the molecule is CN(C)C(=O)CNC(=NCc1ccc([N+](=O)[O-])cc1)NCCCn1ccc2ccccc21.I. The number of likely N-dealkylation sites (N-methyl/N-ethyl adjacent to an activating group) is 1. The molecule has 1 heterocycles. The molecule has 0 spiro atoms. The first-order chi connectivity index (χ1) is 15.4.